The van der Waals surface area contributed by atoms with Crippen LogP contribution < -0.4 is 0 Å². The molecule has 18 heavy (non-hydrogen) atoms. The Morgan fingerprint density at radius 1 is 1.06 bits per heavy atom. The van der Waals surface area contributed by atoms with Crippen LogP contribution >= 0.6 is 0 Å². The summed E-state index contributed by atoms with van der Waals surface area (Å²) >= 11 is 0. The number of aryl methyl sites for hydroxylation is 1. The number of fused-ring (bicyclic) bond motifs is 1. The molecule has 0 aliphatic rings. The Balaban J connectivity index is 0.000000169. The molecule has 3 nitrogen and oxygen atoms in total. The first-order valence-corrected chi connectivity index (χ1v) is 5.59. The van der Waals surface area contributed by atoms with Gasteiger partial charge in [-0.25, -0.2) is 9.50 Å². The van der Waals surface area contributed by atoms with Gasteiger partial charge in [-0.1, -0.05) is 42.3 Å². The largest absolute Gasteiger partial charge is 0.236 e. The van der Waals surface area contributed by atoms with Crippen LogP contribution in [0.2, 0.25) is 0 Å². The molecular formula is C15H13N3. The highest BCUT2D eigenvalue weighted by Crippen LogP contribution is 2.09. The predicted molar refractivity (Wildman–Crippen MR) is 72.1 cm³/mol. The first-order chi connectivity index (χ1) is 8.83. The smallest absolute Gasteiger partial charge is 0.170 e. The molecule has 0 amide bonds. The average molecular weight is 235 g/mol. The van der Waals surface area contributed by atoms with Gasteiger partial charge in [0, 0.05) is 12.4 Å². The Bertz CT molecular complexity index is 636. The number of nitrogens with zero attached hydrogens (tertiary/aromatic N) is 3. The molecule has 0 aliphatic carbocycles. The fraction of sp³-hybridized carbons (Fsp3) is 0.0667. The summed E-state index contributed by atoms with van der Waals surface area (Å²) in [7, 11) is 0. The van der Waals surface area contributed by atoms with Crippen LogP contribution in [0.5, 0.6) is 0 Å². The normalized spacial score (nSPS) is 9.33. The van der Waals surface area contributed by atoms with E-state index in [-0.39, 0.29) is 0 Å². The maximum Gasteiger partial charge on any atom is 0.170 e. The van der Waals surface area contributed by atoms with Crippen molar-refractivity contribution in [2.75, 3.05) is 0 Å². The van der Waals surface area contributed by atoms with Crippen LogP contribution in [0.3, 0.4) is 0 Å². The number of hydrogen-bond donors (Lipinski definition) is 0. The quantitative estimate of drug-likeness (QED) is 0.561. The summed E-state index contributed by atoms with van der Waals surface area (Å²) in [6.07, 6.45) is 8.85. The zero-order valence-corrected chi connectivity index (χ0v) is 10.1. The molecule has 0 atom stereocenters. The van der Waals surface area contributed by atoms with Crippen molar-refractivity contribution in [3.8, 4) is 12.3 Å². The van der Waals surface area contributed by atoms with Gasteiger partial charge in [0.05, 0.1) is 11.3 Å². The Kier molecular flexibility index (Phi) is 3.72. The summed E-state index contributed by atoms with van der Waals surface area (Å²) in [6, 6.07) is 13.8. The summed E-state index contributed by atoms with van der Waals surface area (Å²) < 4.78 is 1.69. The average Bonchev–Trinajstić information content (AvgIpc) is 2.76. The van der Waals surface area contributed by atoms with E-state index in [4.69, 9.17) is 6.42 Å². The lowest BCUT2D eigenvalue weighted by Crippen LogP contribution is -1.87. The Morgan fingerprint density at radius 3 is 2.22 bits per heavy atom. The van der Waals surface area contributed by atoms with Gasteiger partial charge in [-0.3, -0.25) is 0 Å². The number of terminal acetylenes is 1. The molecule has 0 fully saturated rings. The minimum absolute atomic E-state index is 0.748. The first kappa shape index (κ1) is 11.9. The molecule has 1 aromatic carbocycles. The third-order valence-corrected chi connectivity index (χ3v) is 2.38. The van der Waals surface area contributed by atoms with Crippen LogP contribution in [-0.4, -0.2) is 14.6 Å². The van der Waals surface area contributed by atoms with Crippen LogP contribution in [0.4, 0.5) is 0 Å². The highest BCUT2D eigenvalue weighted by atomic mass is 15.2. The SMILES string of the molecule is C#Cc1c(C)nn2cccnc12.c1ccccc1. The van der Waals surface area contributed by atoms with Crippen molar-refractivity contribution in [1.29, 1.82) is 0 Å². The van der Waals surface area contributed by atoms with E-state index in [1.807, 2.05) is 55.6 Å². The van der Waals surface area contributed by atoms with Crippen LogP contribution in [-0.2, 0) is 0 Å². The first-order valence-electron chi connectivity index (χ1n) is 5.59. The van der Waals surface area contributed by atoms with Crippen molar-refractivity contribution in [3.05, 3.63) is 66.1 Å². The molecule has 0 saturated carbocycles. The molecule has 0 aliphatic heterocycles. The van der Waals surface area contributed by atoms with Crippen molar-refractivity contribution >= 4 is 5.65 Å². The molecule has 3 rings (SSSR count). The second kappa shape index (κ2) is 5.65. The molecule has 88 valence electrons. The zero-order chi connectivity index (χ0) is 12.8. The molecule has 2 aromatic heterocycles. The molecule has 0 spiro atoms. The van der Waals surface area contributed by atoms with E-state index in [9.17, 15) is 0 Å². The number of aromatic nitrogens is 3. The zero-order valence-electron chi connectivity index (χ0n) is 10.1. The Labute approximate surface area is 106 Å². The molecule has 0 bridgehead atoms. The van der Waals surface area contributed by atoms with Gasteiger partial charge in [-0.2, -0.15) is 5.10 Å². The summed E-state index contributed by atoms with van der Waals surface area (Å²) in [6.45, 7) is 1.88. The van der Waals surface area contributed by atoms with Crippen LogP contribution in [0.1, 0.15) is 11.3 Å². The maximum atomic E-state index is 5.32. The summed E-state index contributed by atoms with van der Waals surface area (Å²) in [5, 5.41) is 4.20. The van der Waals surface area contributed by atoms with Gasteiger partial charge >= 0.3 is 0 Å². The Morgan fingerprint density at radius 2 is 1.67 bits per heavy atom. The van der Waals surface area contributed by atoms with Crippen molar-refractivity contribution in [1.82, 2.24) is 14.6 Å². The second-order valence-corrected chi connectivity index (χ2v) is 3.65. The van der Waals surface area contributed by atoms with Gasteiger partial charge in [0.15, 0.2) is 5.65 Å². The number of benzene rings is 1. The standard InChI is InChI=1S/C9H7N3.C6H6/c1-3-8-7(2)11-12-6-4-5-10-9(8)12;1-2-4-6-5-3-1/h1,4-6H,2H3;1-6H. The van der Waals surface area contributed by atoms with Gasteiger partial charge < -0.3 is 0 Å². The molecule has 0 unspecified atom stereocenters. The number of hydrogen-bond acceptors (Lipinski definition) is 2. The van der Waals surface area contributed by atoms with Crippen molar-refractivity contribution in [3.63, 3.8) is 0 Å². The van der Waals surface area contributed by atoms with Gasteiger partial charge in [0.1, 0.15) is 0 Å². The monoisotopic (exact) mass is 235 g/mol. The third kappa shape index (κ3) is 2.55. The van der Waals surface area contributed by atoms with Crippen molar-refractivity contribution in [2.24, 2.45) is 0 Å². The van der Waals surface area contributed by atoms with Crippen LogP contribution in [0, 0.1) is 19.3 Å². The molecule has 3 heteroatoms. The lowest BCUT2D eigenvalue weighted by Gasteiger charge is -1.88. The summed E-state index contributed by atoms with van der Waals surface area (Å²) in [5.74, 6) is 2.57. The predicted octanol–water partition coefficient (Wildman–Crippen LogP) is 2.71. The fourth-order valence-corrected chi connectivity index (χ4v) is 1.55. The molecule has 2 heterocycles. The van der Waals surface area contributed by atoms with Crippen molar-refractivity contribution in [2.45, 2.75) is 6.92 Å². The van der Waals surface area contributed by atoms with E-state index in [1.54, 1.807) is 10.7 Å². The van der Waals surface area contributed by atoms with Crippen LogP contribution in [0.15, 0.2) is 54.9 Å². The Hall–Kier alpha value is -2.60. The van der Waals surface area contributed by atoms with Gasteiger partial charge in [0.25, 0.3) is 0 Å². The van der Waals surface area contributed by atoms with E-state index in [0.29, 0.717) is 0 Å². The van der Waals surface area contributed by atoms with E-state index in [0.717, 1.165) is 16.9 Å². The van der Waals surface area contributed by atoms with Gasteiger partial charge in [-0.05, 0) is 13.0 Å². The summed E-state index contributed by atoms with van der Waals surface area (Å²) in [4.78, 5) is 4.13. The number of rotatable bonds is 0. The lowest BCUT2D eigenvalue weighted by atomic mass is 10.3. The highest BCUT2D eigenvalue weighted by molar-refractivity contribution is 5.58. The molecule has 0 N–H and O–H groups in total. The van der Waals surface area contributed by atoms with Gasteiger partial charge in [0.2, 0.25) is 0 Å². The van der Waals surface area contributed by atoms with Crippen molar-refractivity contribution < 1.29 is 0 Å². The second-order valence-electron chi connectivity index (χ2n) is 3.65. The van der Waals surface area contributed by atoms with E-state index < -0.39 is 0 Å². The minimum atomic E-state index is 0.748. The van der Waals surface area contributed by atoms with E-state index in [1.165, 1.54) is 0 Å². The molecule has 3 aromatic rings. The highest BCUT2D eigenvalue weighted by Gasteiger charge is 2.05. The third-order valence-electron chi connectivity index (χ3n) is 2.38. The maximum absolute atomic E-state index is 5.32. The molecular weight excluding hydrogens is 222 g/mol. The van der Waals surface area contributed by atoms with E-state index in [2.05, 4.69) is 16.0 Å². The van der Waals surface area contributed by atoms with Gasteiger partial charge in [-0.15, -0.1) is 6.42 Å². The topological polar surface area (TPSA) is 30.2 Å². The fourth-order valence-electron chi connectivity index (χ4n) is 1.55. The van der Waals surface area contributed by atoms with Crippen LogP contribution in [0.25, 0.3) is 5.65 Å². The minimum Gasteiger partial charge on any atom is -0.236 e. The molecule has 0 saturated heterocycles. The van der Waals surface area contributed by atoms with E-state index >= 15 is 0 Å². The molecule has 0 radical (unpaired) electrons. The summed E-state index contributed by atoms with van der Waals surface area (Å²) in [5.41, 5.74) is 2.37. The lowest BCUT2D eigenvalue weighted by molar-refractivity contribution is 0.917.